The topological polar surface area (TPSA) is 38.3 Å². The van der Waals surface area contributed by atoms with Crippen molar-refractivity contribution >= 4 is 17.7 Å². The molecule has 2 aromatic rings. The number of amides is 1. The highest BCUT2D eigenvalue weighted by atomic mass is 32.2. The Bertz CT molecular complexity index is 695. The highest BCUT2D eigenvalue weighted by molar-refractivity contribution is 7.98. The van der Waals surface area contributed by atoms with E-state index in [2.05, 4.69) is 43.1 Å². The van der Waals surface area contributed by atoms with Gasteiger partial charge in [0.25, 0.3) is 5.91 Å². The van der Waals surface area contributed by atoms with Crippen molar-refractivity contribution in [2.75, 3.05) is 13.2 Å². The van der Waals surface area contributed by atoms with Crippen LogP contribution in [0.5, 0.6) is 5.75 Å². The van der Waals surface area contributed by atoms with Crippen LogP contribution in [0.1, 0.15) is 28.4 Å². The van der Waals surface area contributed by atoms with Crippen molar-refractivity contribution < 1.29 is 9.53 Å². The van der Waals surface area contributed by atoms with Crippen LogP contribution in [0.25, 0.3) is 0 Å². The van der Waals surface area contributed by atoms with Crippen LogP contribution in [0.15, 0.2) is 60.0 Å². The molecule has 2 rings (SSSR count). The Kier molecular flexibility index (Phi) is 6.94. The highest BCUT2D eigenvalue weighted by Gasteiger charge is 2.10. The average molecular weight is 341 g/mol. The zero-order chi connectivity index (χ0) is 17.4. The lowest BCUT2D eigenvalue weighted by atomic mass is 10.1. The summed E-state index contributed by atoms with van der Waals surface area (Å²) in [6, 6.07) is 14.0. The minimum atomic E-state index is -0.0977. The van der Waals surface area contributed by atoms with Gasteiger partial charge in [0.05, 0.1) is 6.61 Å². The van der Waals surface area contributed by atoms with Crippen molar-refractivity contribution in [1.82, 2.24) is 5.32 Å². The normalized spacial score (nSPS) is 10.2. The van der Waals surface area contributed by atoms with Crippen molar-refractivity contribution in [2.24, 2.45) is 0 Å². The van der Waals surface area contributed by atoms with Gasteiger partial charge in [-0.2, -0.15) is 0 Å². The molecule has 1 N–H and O–H groups in total. The van der Waals surface area contributed by atoms with Gasteiger partial charge in [-0.05, 0) is 44.2 Å². The van der Waals surface area contributed by atoms with Crippen molar-refractivity contribution in [3.05, 3.63) is 71.8 Å². The van der Waals surface area contributed by atoms with Crippen LogP contribution in [0.2, 0.25) is 0 Å². The van der Waals surface area contributed by atoms with Gasteiger partial charge in [0.2, 0.25) is 0 Å². The molecule has 0 aliphatic carbocycles. The summed E-state index contributed by atoms with van der Waals surface area (Å²) in [5.74, 6) is 1.48. The number of aryl methyl sites for hydroxylation is 1. The first kappa shape index (κ1) is 18.1. The molecule has 0 aromatic heterocycles. The molecule has 0 aliphatic rings. The fourth-order valence-electron chi connectivity index (χ4n) is 2.19. The van der Waals surface area contributed by atoms with E-state index in [-0.39, 0.29) is 5.91 Å². The standard InChI is InChI=1S/C20H23NO2S/c1-4-12-21-20(22)16-8-11-19(23-5-2)17(13-16)14-24-18-9-6-15(3)7-10-18/h4,6-11,13H,1,5,12,14H2,2-3H3,(H,21,22). The summed E-state index contributed by atoms with van der Waals surface area (Å²) in [4.78, 5) is 13.3. The van der Waals surface area contributed by atoms with E-state index in [0.29, 0.717) is 18.7 Å². The molecule has 24 heavy (non-hydrogen) atoms. The fraction of sp³-hybridized carbons (Fsp3) is 0.250. The van der Waals surface area contributed by atoms with Gasteiger partial charge in [0, 0.05) is 28.3 Å². The Balaban J connectivity index is 2.16. The molecule has 0 atom stereocenters. The van der Waals surface area contributed by atoms with Gasteiger partial charge in [0.15, 0.2) is 0 Å². The minimum Gasteiger partial charge on any atom is -0.494 e. The first-order valence-corrected chi connectivity index (χ1v) is 8.97. The highest BCUT2D eigenvalue weighted by Crippen LogP contribution is 2.29. The van der Waals surface area contributed by atoms with Crippen LogP contribution in [0.3, 0.4) is 0 Å². The van der Waals surface area contributed by atoms with E-state index in [1.165, 1.54) is 10.5 Å². The van der Waals surface area contributed by atoms with E-state index in [1.54, 1.807) is 23.9 Å². The molecule has 0 spiro atoms. The maximum absolute atomic E-state index is 12.1. The molecule has 0 aliphatic heterocycles. The van der Waals surface area contributed by atoms with Crippen LogP contribution >= 0.6 is 11.8 Å². The van der Waals surface area contributed by atoms with Gasteiger partial charge in [-0.3, -0.25) is 4.79 Å². The Morgan fingerprint density at radius 3 is 2.67 bits per heavy atom. The van der Waals surface area contributed by atoms with E-state index in [4.69, 9.17) is 4.74 Å². The Labute approximate surface area is 148 Å². The molecule has 2 aromatic carbocycles. The second kappa shape index (κ2) is 9.18. The van der Waals surface area contributed by atoms with Gasteiger partial charge >= 0.3 is 0 Å². The molecule has 126 valence electrons. The maximum Gasteiger partial charge on any atom is 0.251 e. The minimum absolute atomic E-state index is 0.0977. The average Bonchev–Trinajstić information content (AvgIpc) is 2.60. The Hall–Kier alpha value is -2.20. The predicted octanol–water partition coefficient (Wildman–Crippen LogP) is 4.60. The van der Waals surface area contributed by atoms with Crippen molar-refractivity contribution in [2.45, 2.75) is 24.5 Å². The first-order chi connectivity index (χ1) is 11.6. The molecule has 0 saturated heterocycles. The summed E-state index contributed by atoms with van der Waals surface area (Å²) in [6.45, 7) is 8.71. The molecule has 4 heteroatoms. The number of hydrogen-bond acceptors (Lipinski definition) is 3. The predicted molar refractivity (Wildman–Crippen MR) is 101 cm³/mol. The third-order valence-electron chi connectivity index (χ3n) is 3.44. The summed E-state index contributed by atoms with van der Waals surface area (Å²) in [5, 5.41) is 2.80. The van der Waals surface area contributed by atoms with Gasteiger partial charge in [-0.25, -0.2) is 0 Å². The number of hydrogen-bond donors (Lipinski definition) is 1. The quantitative estimate of drug-likeness (QED) is 0.563. The summed E-state index contributed by atoms with van der Waals surface area (Å²) in [6.07, 6.45) is 1.67. The van der Waals surface area contributed by atoms with Gasteiger partial charge in [-0.1, -0.05) is 23.8 Å². The van der Waals surface area contributed by atoms with Crippen molar-refractivity contribution in [3.63, 3.8) is 0 Å². The number of benzene rings is 2. The monoisotopic (exact) mass is 341 g/mol. The van der Waals surface area contributed by atoms with Crippen molar-refractivity contribution in [3.8, 4) is 5.75 Å². The summed E-state index contributed by atoms with van der Waals surface area (Å²) in [7, 11) is 0. The smallest absolute Gasteiger partial charge is 0.251 e. The van der Waals surface area contributed by atoms with Gasteiger partial charge in [-0.15, -0.1) is 18.3 Å². The number of carbonyl (C=O) groups is 1. The first-order valence-electron chi connectivity index (χ1n) is 7.98. The zero-order valence-electron chi connectivity index (χ0n) is 14.2. The van der Waals surface area contributed by atoms with E-state index < -0.39 is 0 Å². The van der Waals surface area contributed by atoms with Crippen LogP contribution < -0.4 is 10.1 Å². The molecule has 0 radical (unpaired) electrons. The second-order valence-corrected chi connectivity index (χ2v) is 6.40. The summed E-state index contributed by atoms with van der Waals surface area (Å²) >= 11 is 1.73. The molecular weight excluding hydrogens is 318 g/mol. The molecule has 0 saturated carbocycles. The number of carbonyl (C=O) groups excluding carboxylic acids is 1. The number of rotatable bonds is 8. The lowest BCUT2D eigenvalue weighted by molar-refractivity contribution is 0.0958. The summed E-state index contributed by atoms with van der Waals surface area (Å²) in [5.41, 5.74) is 2.91. The van der Waals surface area contributed by atoms with Crippen LogP contribution in [-0.4, -0.2) is 19.1 Å². The molecule has 0 heterocycles. The fourth-order valence-corrected chi connectivity index (χ4v) is 3.07. The zero-order valence-corrected chi connectivity index (χ0v) is 15.0. The Morgan fingerprint density at radius 2 is 2.00 bits per heavy atom. The SMILES string of the molecule is C=CCNC(=O)c1ccc(OCC)c(CSc2ccc(C)cc2)c1. The number of nitrogens with one attached hydrogen (secondary N) is 1. The summed E-state index contributed by atoms with van der Waals surface area (Å²) < 4.78 is 5.70. The molecule has 3 nitrogen and oxygen atoms in total. The molecule has 1 amide bonds. The van der Waals surface area contributed by atoms with Crippen molar-refractivity contribution in [1.29, 1.82) is 0 Å². The third kappa shape index (κ3) is 5.17. The molecule has 0 fully saturated rings. The third-order valence-corrected chi connectivity index (χ3v) is 4.51. The number of ether oxygens (including phenoxy) is 1. The lowest BCUT2D eigenvalue weighted by Gasteiger charge is -2.12. The van der Waals surface area contributed by atoms with Crippen LogP contribution in [-0.2, 0) is 5.75 Å². The van der Waals surface area contributed by atoms with E-state index >= 15 is 0 Å². The Morgan fingerprint density at radius 1 is 1.25 bits per heavy atom. The maximum atomic E-state index is 12.1. The van der Waals surface area contributed by atoms with E-state index in [0.717, 1.165) is 17.1 Å². The lowest BCUT2D eigenvalue weighted by Crippen LogP contribution is -2.23. The molecule has 0 bridgehead atoms. The van der Waals surface area contributed by atoms with Crippen LogP contribution in [0, 0.1) is 6.92 Å². The van der Waals surface area contributed by atoms with E-state index in [9.17, 15) is 4.79 Å². The van der Waals surface area contributed by atoms with Crippen LogP contribution in [0.4, 0.5) is 0 Å². The van der Waals surface area contributed by atoms with Gasteiger partial charge in [0.1, 0.15) is 5.75 Å². The molecular formula is C20H23NO2S. The molecule has 0 unspecified atom stereocenters. The van der Waals surface area contributed by atoms with Gasteiger partial charge < -0.3 is 10.1 Å². The second-order valence-electron chi connectivity index (χ2n) is 5.36. The van der Waals surface area contributed by atoms with E-state index in [1.807, 2.05) is 19.1 Å². The largest absolute Gasteiger partial charge is 0.494 e. The number of thioether (sulfide) groups is 1.